The number of carbonyl (C=O) groups is 2. The van der Waals surface area contributed by atoms with E-state index in [4.69, 9.17) is 0 Å². The Labute approximate surface area is 171 Å². The van der Waals surface area contributed by atoms with Gasteiger partial charge in [-0.05, 0) is 36.2 Å². The van der Waals surface area contributed by atoms with Crippen molar-refractivity contribution in [2.75, 3.05) is 17.6 Å². The Kier molecular flexibility index (Phi) is 6.00. The van der Waals surface area contributed by atoms with Gasteiger partial charge in [-0.15, -0.1) is 11.3 Å². The number of fused-ring (bicyclic) bond motifs is 1. The highest BCUT2D eigenvalue weighted by Gasteiger charge is 2.26. The molecule has 0 fully saturated rings. The van der Waals surface area contributed by atoms with E-state index in [-0.39, 0.29) is 17.2 Å². The Morgan fingerprint density at radius 1 is 1.31 bits per heavy atom. The molecule has 0 spiro atoms. The number of hydrogen-bond acceptors (Lipinski definition) is 6. The molecule has 29 heavy (non-hydrogen) atoms. The number of nitrogens with one attached hydrogen (secondary N) is 1. The number of thiophene rings is 1. The van der Waals surface area contributed by atoms with Crippen LogP contribution in [0.5, 0.6) is 0 Å². The van der Waals surface area contributed by atoms with Crippen LogP contribution in [0, 0.1) is 17.1 Å². The highest BCUT2D eigenvalue weighted by Crippen LogP contribution is 2.36. The van der Waals surface area contributed by atoms with Gasteiger partial charge >= 0.3 is 0 Å². The second-order valence-corrected chi connectivity index (χ2v) is 9.80. The van der Waals surface area contributed by atoms with Crippen molar-refractivity contribution in [3.8, 4) is 6.07 Å². The molecule has 1 aliphatic rings. The highest BCUT2D eigenvalue weighted by atomic mass is 32.2. The monoisotopic (exact) mass is 435 g/mol. The van der Waals surface area contributed by atoms with Crippen molar-refractivity contribution in [1.29, 1.82) is 5.26 Å². The molecule has 7 nitrogen and oxygen atoms in total. The van der Waals surface area contributed by atoms with E-state index in [0.717, 1.165) is 34.7 Å². The predicted octanol–water partition coefficient (Wildman–Crippen LogP) is 2.47. The lowest BCUT2D eigenvalue weighted by Crippen LogP contribution is -2.33. The maximum atomic E-state index is 13.0. The summed E-state index contributed by atoms with van der Waals surface area (Å²) in [5, 5.41) is 12.5. The van der Waals surface area contributed by atoms with Gasteiger partial charge in [-0.3, -0.25) is 9.59 Å². The smallest absolute Gasteiger partial charge is 0.226 e. The van der Waals surface area contributed by atoms with Crippen molar-refractivity contribution in [2.45, 2.75) is 31.2 Å². The van der Waals surface area contributed by atoms with Crippen LogP contribution in [0.25, 0.3) is 0 Å². The number of nitrogens with zero attached hydrogens (tertiary/aromatic N) is 2. The zero-order valence-corrected chi connectivity index (χ0v) is 17.2. The van der Waals surface area contributed by atoms with E-state index in [1.165, 1.54) is 18.3 Å². The molecule has 0 saturated heterocycles. The van der Waals surface area contributed by atoms with Crippen molar-refractivity contribution in [3.05, 3.63) is 46.1 Å². The van der Waals surface area contributed by atoms with Gasteiger partial charge in [0.2, 0.25) is 11.8 Å². The Morgan fingerprint density at radius 2 is 2.00 bits per heavy atom. The van der Waals surface area contributed by atoms with Crippen LogP contribution < -0.4 is 5.32 Å². The molecule has 1 aromatic carbocycles. The topological polar surface area (TPSA) is 107 Å². The van der Waals surface area contributed by atoms with Gasteiger partial charge in [0.15, 0.2) is 9.84 Å². The summed E-state index contributed by atoms with van der Waals surface area (Å²) in [7, 11) is -3.73. The summed E-state index contributed by atoms with van der Waals surface area (Å²) in [5.41, 5.74) is 1.19. The lowest BCUT2D eigenvalue weighted by atomic mass is 10.0. The van der Waals surface area contributed by atoms with Crippen LogP contribution in [-0.4, -0.2) is 37.4 Å². The van der Waals surface area contributed by atoms with Gasteiger partial charge < -0.3 is 10.2 Å². The number of nitriles is 1. The van der Waals surface area contributed by atoms with E-state index in [0.29, 0.717) is 30.1 Å². The molecule has 0 unspecified atom stereocenters. The number of sulfone groups is 1. The van der Waals surface area contributed by atoms with Crippen LogP contribution >= 0.6 is 11.3 Å². The summed E-state index contributed by atoms with van der Waals surface area (Å²) in [6.07, 6.45) is 0.232. The molecule has 3 rings (SSSR count). The standard InChI is InChI=1S/C19H18FN3O4S2/c1-12(24)23-8-6-15-16(10-21)19(28-17(15)11-23)22-18(25)7-9-29(26,27)14-4-2-13(20)3-5-14/h2-5H,6-9,11H2,1H3,(H,22,25). The van der Waals surface area contributed by atoms with Gasteiger partial charge in [-0.1, -0.05) is 0 Å². The van der Waals surface area contributed by atoms with Crippen LogP contribution in [-0.2, 0) is 32.4 Å². The van der Waals surface area contributed by atoms with E-state index in [2.05, 4.69) is 11.4 Å². The normalized spacial score (nSPS) is 13.5. The Morgan fingerprint density at radius 3 is 2.62 bits per heavy atom. The van der Waals surface area contributed by atoms with Crippen molar-refractivity contribution < 1.29 is 22.4 Å². The highest BCUT2D eigenvalue weighted by molar-refractivity contribution is 7.91. The first-order valence-electron chi connectivity index (χ1n) is 8.79. The molecule has 0 bridgehead atoms. The van der Waals surface area contributed by atoms with Gasteiger partial charge in [-0.2, -0.15) is 5.26 Å². The minimum Gasteiger partial charge on any atom is -0.337 e. The lowest BCUT2D eigenvalue weighted by Gasteiger charge is -2.25. The molecule has 2 amide bonds. The molecule has 1 aliphatic heterocycles. The molecule has 2 aromatic rings. The van der Waals surface area contributed by atoms with E-state index in [1.54, 1.807) is 4.90 Å². The predicted molar refractivity (Wildman–Crippen MR) is 106 cm³/mol. The van der Waals surface area contributed by atoms with E-state index < -0.39 is 27.3 Å². The zero-order chi connectivity index (χ0) is 21.2. The van der Waals surface area contributed by atoms with Crippen LogP contribution in [0.2, 0.25) is 0 Å². The molecule has 0 atom stereocenters. The number of halogens is 1. The molecule has 0 radical (unpaired) electrons. The summed E-state index contributed by atoms with van der Waals surface area (Å²) >= 11 is 1.23. The summed E-state index contributed by atoms with van der Waals surface area (Å²) in [6.45, 7) is 2.38. The Hall–Kier alpha value is -2.77. The van der Waals surface area contributed by atoms with Crippen molar-refractivity contribution >= 4 is 38.0 Å². The van der Waals surface area contributed by atoms with E-state index in [9.17, 15) is 27.7 Å². The van der Waals surface area contributed by atoms with Crippen molar-refractivity contribution in [1.82, 2.24) is 4.90 Å². The number of rotatable bonds is 5. The van der Waals surface area contributed by atoms with E-state index >= 15 is 0 Å². The minimum atomic E-state index is -3.73. The Bertz CT molecular complexity index is 1100. The van der Waals surface area contributed by atoms with Crippen LogP contribution in [0.1, 0.15) is 29.3 Å². The largest absolute Gasteiger partial charge is 0.337 e. The second-order valence-electron chi connectivity index (χ2n) is 6.58. The SMILES string of the molecule is CC(=O)N1CCc2c(sc(NC(=O)CCS(=O)(=O)c3ccc(F)cc3)c2C#N)C1. The fourth-order valence-electron chi connectivity index (χ4n) is 3.05. The number of hydrogen-bond donors (Lipinski definition) is 1. The van der Waals surface area contributed by atoms with Gasteiger partial charge in [0.05, 0.1) is 22.8 Å². The third-order valence-corrected chi connectivity index (χ3v) is 7.50. The molecule has 1 aromatic heterocycles. The fraction of sp³-hybridized carbons (Fsp3) is 0.316. The first-order chi connectivity index (χ1) is 13.7. The van der Waals surface area contributed by atoms with Crippen molar-refractivity contribution in [3.63, 3.8) is 0 Å². The number of anilines is 1. The molecule has 1 N–H and O–H groups in total. The number of amides is 2. The maximum absolute atomic E-state index is 13.0. The summed E-state index contributed by atoms with van der Waals surface area (Å²) in [6, 6.07) is 6.51. The van der Waals surface area contributed by atoms with Crippen molar-refractivity contribution in [2.24, 2.45) is 0 Å². The first-order valence-corrected chi connectivity index (χ1v) is 11.3. The average Bonchev–Trinajstić information content (AvgIpc) is 3.02. The molecule has 2 heterocycles. The number of benzene rings is 1. The summed E-state index contributed by atoms with van der Waals surface area (Å²) in [5.74, 6) is -1.57. The molecular formula is C19H18FN3O4S2. The number of carbonyl (C=O) groups excluding carboxylic acids is 2. The van der Waals surface area contributed by atoms with Gasteiger partial charge in [0, 0.05) is 24.8 Å². The Balaban J connectivity index is 1.69. The third kappa shape index (κ3) is 4.63. The summed E-state index contributed by atoms with van der Waals surface area (Å²) < 4.78 is 37.5. The molecule has 0 aliphatic carbocycles. The molecule has 152 valence electrons. The van der Waals surface area contributed by atoms with Gasteiger partial charge in [0.25, 0.3) is 0 Å². The molecular weight excluding hydrogens is 417 g/mol. The second kappa shape index (κ2) is 8.31. The van der Waals surface area contributed by atoms with E-state index in [1.807, 2.05) is 0 Å². The fourth-order valence-corrected chi connectivity index (χ4v) is 5.53. The molecule has 0 saturated carbocycles. The van der Waals surface area contributed by atoms with Gasteiger partial charge in [-0.25, -0.2) is 12.8 Å². The van der Waals surface area contributed by atoms with Crippen LogP contribution in [0.15, 0.2) is 29.2 Å². The maximum Gasteiger partial charge on any atom is 0.226 e. The zero-order valence-electron chi connectivity index (χ0n) is 15.6. The quantitative estimate of drug-likeness (QED) is 0.726. The minimum absolute atomic E-state index is 0.0553. The average molecular weight is 436 g/mol. The van der Waals surface area contributed by atoms with Gasteiger partial charge in [0.1, 0.15) is 16.9 Å². The third-order valence-electron chi connectivity index (χ3n) is 4.64. The summed E-state index contributed by atoms with van der Waals surface area (Å²) in [4.78, 5) is 26.3. The first kappa shape index (κ1) is 21.0. The molecule has 10 heteroatoms. The van der Waals surface area contributed by atoms with Crippen LogP contribution in [0.4, 0.5) is 9.39 Å². The van der Waals surface area contributed by atoms with Crippen LogP contribution in [0.3, 0.4) is 0 Å². The lowest BCUT2D eigenvalue weighted by molar-refractivity contribution is -0.129.